The first-order valence-electron chi connectivity index (χ1n) is 10.9. The van der Waals surface area contributed by atoms with Gasteiger partial charge in [-0.25, -0.2) is 0 Å². The van der Waals surface area contributed by atoms with Crippen molar-refractivity contribution in [3.05, 3.63) is 40.5 Å². The maximum Gasteiger partial charge on any atom is 0.271 e. The topological polar surface area (TPSA) is 79.6 Å². The predicted molar refractivity (Wildman–Crippen MR) is 120 cm³/mol. The summed E-state index contributed by atoms with van der Waals surface area (Å²) < 4.78 is 11.6. The van der Waals surface area contributed by atoms with Crippen molar-refractivity contribution >= 4 is 17.9 Å². The van der Waals surface area contributed by atoms with E-state index in [0.29, 0.717) is 54.7 Å². The molecule has 0 fully saturated rings. The lowest BCUT2D eigenvalue weighted by atomic mass is 9.93. The fourth-order valence-electron chi connectivity index (χ4n) is 3.22. The van der Waals surface area contributed by atoms with Crippen LogP contribution in [0.1, 0.15) is 59.4 Å². The van der Waals surface area contributed by atoms with Crippen molar-refractivity contribution in [2.24, 2.45) is 5.92 Å². The van der Waals surface area contributed by atoms with Gasteiger partial charge in [-0.05, 0) is 62.0 Å². The summed E-state index contributed by atoms with van der Waals surface area (Å²) in [5, 5.41) is 9.49. The van der Waals surface area contributed by atoms with Gasteiger partial charge in [0.1, 0.15) is 11.6 Å². The zero-order valence-corrected chi connectivity index (χ0v) is 19.2. The van der Waals surface area contributed by atoms with E-state index in [1.165, 1.54) is 4.90 Å². The van der Waals surface area contributed by atoms with Crippen LogP contribution in [0.4, 0.5) is 0 Å². The van der Waals surface area contributed by atoms with Crippen molar-refractivity contribution in [3.8, 4) is 17.6 Å². The normalized spacial score (nSPS) is 15.6. The molecule has 0 saturated carbocycles. The predicted octanol–water partition coefficient (Wildman–Crippen LogP) is 4.90. The van der Waals surface area contributed by atoms with Gasteiger partial charge in [-0.1, -0.05) is 33.3 Å². The van der Waals surface area contributed by atoms with E-state index in [1.807, 2.05) is 38.1 Å². The Morgan fingerprint density at radius 2 is 1.87 bits per heavy atom. The highest BCUT2D eigenvalue weighted by atomic mass is 16.5. The number of hydrogen-bond acceptors (Lipinski definition) is 5. The summed E-state index contributed by atoms with van der Waals surface area (Å²) in [4.78, 5) is 26.8. The molecule has 0 aromatic heterocycles. The lowest BCUT2D eigenvalue weighted by molar-refractivity contribution is -0.140. The first kappa shape index (κ1) is 24.2. The highest BCUT2D eigenvalue weighted by molar-refractivity contribution is 6.19. The maximum atomic E-state index is 13.0. The Balaban J connectivity index is 2.42. The number of nitrogens with zero attached hydrogens (tertiary/aromatic N) is 2. The van der Waals surface area contributed by atoms with Crippen molar-refractivity contribution < 1.29 is 19.1 Å². The number of ether oxygens (including phenoxy) is 2. The molecule has 1 aliphatic rings. The van der Waals surface area contributed by atoms with Crippen molar-refractivity contribution in [1.29, 1.82) is 5.26 Å². The van der Waals surface area contributed by atoms with Gasteiger partial charge < -0.3 is 9.47 Å². The Labute approximate surface area is 185 Å². The van der Waals surface area contributed by atoms with Gasteiger partial charge in [-0.3, -0.25) is 14.5 Å². The molecule has 2 amide bonds. The van der Waals surface area contributed by atoms with E-state index in [-0.39, 0.29) is 11.5 Å². The van der Waals surface area contributed by atoms with E-state index in [1.54, 1.807) is 13.0 Å². The molecule has 0 radical (unpaired) electrons. The molecule has 0 aliphatic carbocycles. The fourth-order valence-corrected chi connectivity index (χ4v) is 3.22. The lowest BCUT2D eigenvalue weighted by Crippen LogP contribution is -2.43. The van der Waals surface area contributed by atoms with Crippen LogP contribution >= 0.6 is 0 Å². The number of carbonyl (C=O) groups excluding carboxylic acids is 2. The lowest BCUT2D eigenvalue weighted by Gasteiger charge is -2.27. The molecule has 0 saturated heterocycles. The van der Waals surface area contributed by atoms with Crippen molar-refractivity contribution in [2.75, 3.05) is 19.8 Å². The summed E-state index contributed by atoms with van der Waals surface area (Å²) >= 11 is 0. The summed E-state index contributed by atoms with van der Waals surface area (Å²) in [6.07, 6.45) is 4.19. The van der Waals surface area contributed by atoms with Gasteiger partial charge in [0.25, 0.3) is 11.8 Å². The van der Waals surface area contributed by atoms with Crippen LogP contribution in [-0.2, 0) is 9.59 Å². The molecule has 0 atom stereocenters. The van der Waals surface area contributed by atoms with Gasteiger partial charge in [-0.2, -0.15) is 5.26 Å². The van der Waals surface area contributed by atoms with Gasteiger partial charge in [0.2, 0.25) is 0 Å². The Hall–Kier alpha value is -3.07. The number of amides is 2. The number of benzene rings is 1. The minimum Gasteiger partial charge on any atom is -0.490 e. The van der Waals surface area contributed by atoms with Crippen LogP contribution in [0.2, 0.25) is 0 Å². The zero-order valence-electron chi connectivity index (χ0n) is 19.2. The van der Waals surface area contributed by atoms with Gasteiger partial charge in [0, 0.05) is 12.1 Å². The molecule has 0 spiro atoms. The molecule has 0 bridgehead atoms. The van der Waals surface area contributed by atoms with E-state index in [2.05, 4.69) is 13.8 Å². The molecule has 166 valence electrons. The number of hydrogen-bond donors (Lipinski definition) is 0. The van der Waals surface area contributed by atoms with Gasteiger partial charge >= 0.3 is 0 Å². The van der Waals surface area contributed by atoms with Crippen LogP contribution in [0.5, 0.6) is 11.5 Å². The third-order valence-corrected chi connectivity index (χ3v) is 5.09. The highest BCUT2D eigenvalue weighted by Crippen LogP contribution is 2.32. The maximum absolute atomic E-state index is 13.0. The van der Waals surface area contributed by atoms with Crippen LogP contribution < -0.4 is 9.47 Å². The summed E-state index contributed by atoms with van der Waals surface area (Å²) in [5.74, 6) is 0.915. The first-order chi connectivity index (χ1) is 14.8. The smallest absolute Gasteiger partial charge is 0.271 e. The zero-order chi connectivity index (χ0) is 23.0. The third-order valence-electron chi connectivity index (χ3n) is 5.09. The molecule has 31 heavy (non-hydrogen) atoms. The average Bonchev–Trinajstić information content (AvgIpc) is 2.73. The number of carbonyl (C=O) groups is 2. The van der Waals surface area contributed by atoms with Crippen LogP contribution in [0.15, 0.2) is 34.9 Å². The van der Waals surface area contributed by atoms with Gasteiger partial charge in [-0.15, -0.1) is 0 Å². The Bertz CT molecular complexity index is 922. The van der Waals surface area contributed by atoms with Gasteiger partial charge in [0.05, 0.1) is 13.2 Å². The second kappa shape index (κ2) is 11.4. The minimum atomic E-state index is -0.514. The highest BCUT2D eigenvalue weighted by Gasteiger charge is 2.34. The quantitative estimate of drug-likeness (QED) is 0.394. The second-order valence-corrected chi connectivity index (χ2v) is 7.96. The van der Waals surface area contributed by atoms with E-state index in [0.717, 1.165) is 18.4 Å². The SMILES string of the molecule is CCCCN1C(=O)C(C#N)=C(C)/C(=C\c2ccc(OCCC(C)C)c(OCC)c2)C1=O. The van der Waals surface area contributed by atoms with Crippen molar-refractivity contribution in [1.82, 2.24) is 4.90 Å². The van der Waals surface area contributed by atoms with E-state index in [4.69, 9.17) is 9.47 Å². The van der Waals surface area contributed by atoms with Crippen molar-refractivity contribution in [2.45, 2.75) is 53.9 Å². The minimum absolute atomic E-state index is 0.0145. The summed E-state index contributed by atoms with van der Waals surface area (Å²) in [5.41, 5.74) is 1.51. The Kier molecular flexibility index (Phi) is 8.87. The molecule has 6 nitrogen and oxygen atoms in total. The number of rotatable bonds is 10. The molecule has 1 aliphatic heterocycles. The monoisotopic (exact) mass is 424 g/mol. The summed E-state index contributed by atoms with van der Waals surface area (Å²) in [7, 11) is 0. The Morgan fingerprint density at radius 1 is 1.13 bits per heavy atom. The number of unbranched alkanes of at least 4 members (excludes halogenated alkanes) is 1. The second-order valence-electron chi connectivity index (χ2n) is 7.96. The van der Waals surface area contributed by atoms with E-state index >= 15 is 0 Å². The van der Waals surface area contributed by atoms with Crippen LogP contribution in [0.25, 0.3) is 6.08 Å². The fraction of sp³-hybridized carbons (Fsp3) is 0.480. The molecular weight excluding hydrogens is 392 g/mol. The van der Waals surface area contributed by atoms with Crippen molar-refractivity contribution in [3.63, 3.8) is 0 Å². The largest absolute Gasteiger partial charge is 0.490 e. The molecule has 2 rings (SSSR count). The Morgan fingerprint density at radius 3 is 2.48 bits per heavy atom. The van der Waals surface area contributed by atoms with Crippen LogP contribution in [0, 0.1) is 17.2 Å². The summed E-state index contributed by atoms with van der Waals surface area (Å²) in [6.45, 7) is 11.2. The average molecular weight is 425 g/mol. The van der Waals surface area contributed by atoms with Crippen LogP contribution in [-0.4, -0.2) is 36.5 Å². The molecule has 6 heteroatoms. The van der Waals surface area contributed by atoms with E-state index < -0.39 is 5.91 Å². The number of imide groups is 1. The molecule has 0 unspecified atom stereocenters. The molecule has 1 aromatic rings. The first-order valence-corrected chi connectivity index (χ1v) is 10.9. The number of nitriles is 1. The molecule has 1 heterocycles. The van der Waals surface area contributed by atoms with Gasteiger partial charge in [0.15, 0.2) is 11.5 Å². The molecular formula is C25H32N2O4. The third kappa shape index (κ3) is 5.97. The van der Waals surface area contributed by atoms with Crippen LogP contribution in [0.3, 0.4) is 0 Å². The van der Waals surface area contributed by atoms with E-state index in [9.17, 15) is 14.9 Å². The summed E-state index contributed by atoms with van der Waals surface area (Å²) in [6, 6.07) is 7.47. The molecule has 1 aromatic carbocycles. The standard InChI is InChI=1S/C25H32N2O4/c1-6-8-12-27-24(28)20(18(5)21(16-26)25(27)29)14-19-9-10-22(23(15-19)30-7-2)31-13-11-17(3)4/h9-10,14-15,17H,6-8,11-13H2,1-5H3/b20-14+. The molecule has 0 N–H and O–H groups in total.